The Labute approximate surface area is 123 Å². The molecule has 1 atom stereocenters. The zero-order valence-electron chi connectivity index (χ0n) is 11.8. The van der Waals surface area contributed by atoms with Crippen LogP contribution in [0.4, 0.5) is 5.82 Å². The summed E-state index contributed by atoms with van der Waals surface area (Å²) >= 11 is 6.01. The molecular formula is C14H18ClN5. The van der Waals surface area contributed by atoms with E-state index in [-0.39, 0.29) is 0 Å². The number of halogens is 1. The van der Waals surface area contributed by atoms with Crippen LogP contribution in [0.5, 0.6) is 0 Å². The van der Waals surface area contributed by atoms with Crippen LogP contribution in [-0.2, 0) is 13.5 Å². The molecule has 0 spiro atoms. The maximum Gasteiger partial charge on any atom is 0.134 e. The van der Waals surface area contributed by atoms with Crippen molar-refractivity contribution in [1.82, 2.24) is 19.7 Å². The van der Waals surface area contributed by atoms with Crippen molar-refractivity contribution in [2.45, 2.75) is 19.8 Å². The molecule has 3 heterocycles. The van der Waals surface area contributed by atoms with Crippen LogP contribution in [-0.4, -0.2) is 32.8 Å². The molecule has 0 N–H and O–H groups in total. The summed E-state index contributed by atoms with van der Waals surface area (Å²) in [4.78, 5) is 10.9. The van der Waals surface area contributed by atoms with E-state index in [1.54, 1.807) is 0 Å². The van der Waals surface area contributed by atoms with Crippen molar-refractivity contribution in [3.63, 3.8) is 0 Å². The van der Waals surface area contributed by atoms with Crippen LogP contribution in [0.25, 0.3) is 0 Å². The van der Waals surface area contributed by atoms with Gasteiger partial charge in [-0.2, -0.15) is 5.10 Å². The molecule has 0 aromatic carbocycles. The molecule has 0 amide bonds. The predicted molar refractivity (Wildman–Crippen MR) is 79.0 cm³/mol. The van der Waals surface area contributed by atoms with E-state index in [2.05, 4.69) is 26.2 Å². The SMILES string of the molecule is Cc1nc(Cl)cc(N2CCC(Cc3cnn(C)c3)C2)n1. The second-order valence-corrected chi connectivity index (χ2v) is 5.81. The summed E-state index contributed by atoms with van der Waals surface area (Å²) in [7, 11) is 1.95. The normalized spacial score (nSPS) is 18.8. The summed E-state index contributed by atoms with van der Waals surface area (Å²) in [6.07, 6.45) is 6.29. The molecule has 6 heteroatoms. The molecule has 3 rings (SSSR count). The lowest BCUT2D eigenvalue weighted by Gasteiger charge is -2.17. The number of hydrogen-bond donors (Lipinski definition) is 0. The van der Waals surface area contributed by atoms with Crippen molar-refractivity contribution >= 4 is 17.4 Å². The van der Waals surface area contributed by atoms with Crippen LogP contribution >= 0.6 is 11.6 Å². The van der Waals surface area contributed by atoms with Crippen LogP contribution in [0.1, 0.15) is 17.8 Å². The Hall–Kier alpha value is -1.62. The number of hydrogen-bond acceptors (Lipinski definition) is 4. The Morgan fingerprint density at radius 2 is 2.25 bits per heavy atom. The van der Waals surface area contributed by atoms with E-state index in [9.17, 15) is 0 Å². The van der Waals surface area contributed by atoms with Crippen LogP contribution < -0.4 is 4.90 Å². The predicted octanol–water partition coefficient (Wildman–Crippen LogP) is 2.24. The van der Waals surface area contributed by atoms with Gasteiger partial charge in [0.1, 0.15) is 16.8 Å². The van der Waals surface area contributed by atoms with Gasteiger partial charge in [-0.25, -0.2) is 9.97 Å². The molecule has 20 heavy (non-hydrogen) atoms. The average Bonchev–Trinajstić information content (AvgIpc) is 2.98. The Bertz CT molecular complexity index is 589. The monoisotopic (exact) mass is 291 g/mol. The van der Waals surface area contributed by atoms with E-state index >= 15 is 0 Å². The molecule has 2 aromatic heterocycles. The Balaban J connectivity index is 1.67. The standard InChI is InChI=1S/C14H18ClN5/c1-10-17-13(15)6-14(18-10)20-4-3-11(9-20)5-12-7-16-19(2)8-12/h6-8,11H,3-5,9H2,1-2H3. The summed E-state index contributed by atoms with van der Waals surface area (Å²) in [5.41, 5.74) is 1.30. The number of aryl methyl sites for hydroxylation is 2. The van der Waals surface area contributed by atoms with E-state index in [0.717, 1.165) is 31.2 Å². The van der Waals surface area contributed by atoms with Gasteiger partial charge in [0.2, 0.25) is 0 Å². The van der Waals surface area contributed by atoms with Gasteiger partial charge in [0.25, 0.3) is 0 Å². The molecule has 1 fully saturated rings. The quantitative estimate of drug-likeness (QED) is 0.814. The van der Waals surface area contributed by atoms with Gasteiger partial charge in [-0.3, -0.25) is 4.68 Å². The molecule has 0 bridgehead atoms. The summed E-state index contributed by atoms with van der Waals surface area (Å²) in [6.45, 7) is 3.91. The second kappa shape index (κ2) is 5.40. The van der Waals surface area contributed by atoms with E-state index in [1.807, 2.05) is 30.9 Å². The highest BCUT2D eigenvalue weighted by Gasteiger charge is 2.24. The van der Waals surface area contributed by atoms with Gasteiger partial charge < -0.3 is 4.90 Å². The summed E-state index contributed by atoms with van der Waals surface area (Å²) < 4.78 is 1.86. The minimum Gasteiger partial charge on any atom is -0.356 e. The lowest BCUT2D eigenvalue weighted by atomic mass is 10.0. The zero-order chi connectivity index (χ0) is 14.1. The molecule has 1 aliphatic heterocycles. The minimum absolute atomic E-state index is 0.517. The lowest BCUT2D eigenvalue weighted by Crippen LogP contribution is -2.21. The van der Waals surface area contributed by atoms with Gasteiger partial charge in [-0.05, 0) is 31.2 Å². The number of anilines is 1. The Kier molecular flexibility index (Phi) is 3.61. The topological polar surface area (TPSA) is 46.8 Å². The van der Waals surface area contributed by atoms with Gasteiger partial charge in [0.05, 0.1) is 6.20 Å². The van der Waals surface area contributed by atoms with E-state index in [1.165, 1.54) is 12.0 Å². The van der Waals surface area contributed by atoms with Crippen LogP contribution in [0, 0.1) is 12.8 Å². The summed E-state index contributed by atoms with van der Waals surface area (Å²) in [5, 5.41) is 4.74. The van der Waals surface area contributed by atoms with Crippen molar-refractivity contribution in [2.75, 3.05) is 18.0 Å². The first-order chi connectivity index (χ1) is 9.60. The molecule has 106 valence electrons. The molecule has 1 unspecified atom stereocenters. The number of nitrogens with zero attached hydrogens (tertiary/aromatic N) is 5. The van der Waals surface area contributed by atoms with Crippen molar-refractivity contribution < 1.29 is 0 Å². The van der Waals surface area contributed by atoms with E-state index in [4.69, 9.17) is 11.6 Å². The molecule has 0 aliphatic carbocycles. The maximum atomic E-state index is 6.01. The van der Waals surface area contributed by atoms with Gasteiger partial charge in [-0.15, -0.1) is 0 Å². The highest BCUT2D eigenvalue weighted by Crippen LogP contribution is 2.26. The molecular weight excluding hydrogens is 274 g/mol. The zero-order valence-corrected chi connectivity index (χ0v) is 12.5. The third-order valence-electron chi connectivity index (χ3n) is 3.69. The van der Waals surface area contributed by atoms with Crippen molar-refractivity contribution in [3.8, 4) is 0 Å². The van der Waals surface area contributed by atoms with Gasteiger partial charge >= 0.3 is 0 Å². The fraction of sp³-hybridized carbons (Fsp3) is 0.500. The van der Waals surface area contributed by atoms with Crippen LogP contribution in [0.15, 0.2) is 18.5 Å². The molecule has 0 radical (unpaired) electrons. The van der Waals surface area contributed by atoms with Crippen molar-refractivity contribution in [3.05, 3.63) is 35.0 Å². The van der Waals surface area contributed by atoms with Gasteiger partial charge in [-0.1, -0.05) is 11.6 Å². The first-order valence-corrected chi connectivity index (χ1v) is 7.21. The Morgan fingerprint density at radius 1 is 1.40 bits per heavy atom. The van der Waals surface area contributed by atoms with Gasteiger partial charge in [0, 0.05) is 32.4 Å². The number of rotatable bonds is 3. The Morgan fingerprint density at radius 3 is 2.95 bits per heavy atom. The maximum absolute atomic E-state index is 6.01. The molecule has 2 aromatic rings. The largest absolute Gasteiger partial charge is 0.356 e. The van der Waals surface area contributed by atoms with Crippen LogP contribution in [0.3, 0.4) is 0 Å². The molecule has 1 saturated heterocycles. The molecule has 1 aliphatic rings. The molecule has 0 saturated carbocycles. The van der Waals surface area contributed by atoms with Gasteiger partial charge in [0.15, 0.2) is 0 Å². The summed E-state index contributed by atoms with van der Waals surface area (Å²) in [6, 6.07) is 1.85. The first-order valence-electron chi connectivity index (χ1n) is 6.84. The molecule has 5 nitrogen and oxygen atoms in total. The lowest BCUT2D eigenvalue weighted by molar-refractivity contribution is 0.585. The first kappa shape index (κ1) is 13.4. The summed E-state index contributed by atoms with van der Waals surface area (Å²) in [5.74, 6) is 2.31. The smallest absolute Gasteiger partial charge is 0.134 e. The third kappa shape index (κ3) is 2.93. The average molecular weight is 292 g/mol. The third-order valence-corrected chi connectivity index (χ3v) is 3.88. The second-order valence-electron chi connectivity index (χ2n) is 5.42. The number of aromatic nitrogens is 4. The van der Waals surface area contributed by atoms with Crippen molar-refractivity contribution in [2.24, 2.45) is 13.0 Å². The fourth-order valence-corrected chi connectivity index (χ4v) is 3.02. The van der Waals surface area contributed by atoms with Crippen LogP contribution in [0.2, 0.25) is 5.15 Å². The minimum atomic E-state index is 0.517. The van der Waals surface area contributed by atoms with E-state index in [0.29, 0.717) is 11.1 Å². The van der Waals surface area contributed by atoms with Crippen molar-refractivity contribution in [1.29, 1.82) is 0 Å². The highest BCUT2D eigenvalue weighted by atomic mass is 35.5. The van der Waals surface area contributed by atoms with E-state index < -0.39 is 0 Å². The fourth-order valence-electron chi connectivity index (χ4n) is 2.80. The highest BCUT2D eigenvalue weighted by molar-refractivity contribution is 6.29.